The van der Waals surface area contributed by atoms with Crippen LogP contribution in [0.15, 0.2) is 42.5 Å². The molecule has 1 N–H and O–H groups in total. The summed E-state index contributed by atoms with van der Waals surface area (Å²) >= 11 is 0. The summed E-state index contributed by atoms with van der Waals surface area (Å²) in [6, 6.07) is 14.2. The molecule has 2 aromatic rings. The minimum atomic E-state index is -0.0496. The SMILES string of the molecule is CC[C@H]1CN(C(=O)N2CCC(C(=O)NCc3cccc(C)c3)CC2)c2cc(C)ccc2O1. The Hall–Kier alpha value is -3.02. The van der Waals surface area contributed by atoms with Gasteiger partial charge in [0, 0.05) is 25.6 Å². The third-order valence-corrected chi connectivity index (χ3v) is 6.46. The number of rotatable bonds is 4. The van der Waals surface area contributed by atoms with Gasteiger partial charge in [-0.2, -0.15) is 0 Å². The highest BCUT2D eigenvalue weighted by molar-refractivity contribution is 5.94. The van der Waals surface area contributed by atoms with Gasteiger partial charge in [0.05, 0.1) is 12.2 Å². The van der Waals surface area contributed by atoms with Gasteiger partial charge in [0.2, 0.25) is 5.91 Å². The number of anilines is 1. The lowest BCUT2D eigenvalue weighted by molar-refractivity contribution is -0.126. The fourth-order valence-electron chi connectivity index (χ4n) is 4.51. The molecule has 2 aliphatic rings. The first-order chi connectivity index (χ1) is 15.4. The minimum absolute atomic E-state index is 0.000837. The van der Waals surface area contributed by atoms with Crippen molar-refractivity contribution < 1.29 is 14.3 Å². The van der Waals surface area contributed by atoms with Crippen LogP contribution in [0.3, 0.4) is 0 Å². The Morgan fingerprint density at radius 3 is 2.53 bits per heavy atom. The zero-order valence-corrected chi connectivity index (χ0v) is 19.3. The Balaban J connectivity index is 1.35. The Labute approximate surface area is 190 Å². The number of carbonyl (C=O) groups excluding carboxylic acids is 2. The van der Waals surface area contributed by atoms with Crippen molar-refractivity contribution in [1.82, 2.24) is 10.2 Å². The van der Waals surface area contributed by atoms with Gasteiger partial charge >= 0.3 is 6.03 Å². The zero-order valence-electron chi connectivity index (χ0n) is 19.3. The zero-order chi connectivity index (χ0) is 22.7. The van der Waals surface area contributed by atoms with Gasteiger partial charge in [-0.1, -0.05) is 42.8 Å². The van der Waals surface area contributed by atoms with Crippen LogP contribution in [-0.2, 0) is 11.3 Å². The lowest BCUT2D eigenvalue weighted by Gasteiger charge is -2.39. The monoisotopic (exact) mass is 435 g/mol. The number of carbonyl (C=O) groups is 2. The summed E-state index contributed by atoms with van der Waals surface area (Å²) in [7, 11) is 0. The summed E-state index contributed by atoms with van der Waals surface area (Å²) in [5.74, 6) is 0.802. The summed E-state index contributed by atoms with van der Waals surface area (Å²) in [5.41, 5.74) is 4.24. The van der Waals surface area contributed by atoms with Crippen molar-refractivity contribution in [2.75, 3.05) is 24.5 Å². The first kappa shape index (κ1) is 22.2. The smallest absolute Gasteiger partial charge is 0.324 e. The highest BCUT2D eigenvalue weighted by Crippen LogP contribution is 2.36. The molecule has 1 atom stereocenters. The van der Waals surface area contributed by atoms with Crippen LogP contribution in [0.2, 0.25) is 0 Å². The van der Waals surface area contributed by atoms with Gasteiger partial charge in [0.25, 0.3) is 0 Å². The Morgan fingerprint density at radius 1 is 1.06 bits per heavy atom. The molecule has 0 aliphatic carbocycles. The average Bonchev–Trinajstić information content (AvgIpc) is 2.81. The van der Waals surface area contributed by atoms with Crippen LogP contribution in [-0.4, -0.2) is 42.6 Å². The van der Waals surface area contributed by atoms with E-state index in [0.29, 0.717) is 39.0 Å². The predicted octanol–water partition coefficient (Wildman–Crippen LogP) is 4.43. The number of nitrogens with one attached hydrogen (secondary N) is 1. The maximum Gasteiger partial charge on any atom is 0.324 e. The number of benzene rings is 2. The normalized spacial score (nSPS) is 18.7. The largest absolute Gasteiger partial charge is 0.486 e. The van der Waals surface area contributed by atoms with E-state index in [0.717, 1.165) is 29.0 Å². The number of amides is 3. The summed E-state index contributed by atoms with van der Waals surface area (Å²) in [6.45, 7) is 8.44. The fourth-order valence-corrected chi connectivity index (χ4v) is 4.51. The number of aryl methyl sites for hydroxylation is 2. The van der Waals surface area contributed by atoms with E-state index in [4.69, 9.17) is 4.74 Å². The molecule has 0 bridgehead atoms. The molecule has 0 unspecified atom stereocenters. The van der Waals surface area contributed by atoms with Crippen LogP contribution in [0, 0.1) is 19.8 Å². The second kappa shape index (κ2) is 9.63. The van der Waals surface area contributed by atoms with Gasteiger partial charge in [0.1, 0.15) is 11.9 Å². The summed E-state index contributed by atoms with van der Waals surface area (Å²) in [5, 5.41) is 3.07. The predicted molar refractivity (Wildman–Crippen MR) is 126 cm³/mol. The molecule has 2 heterocycles. The number of hydrogen-bond acceptors (Lipinski definition) is 3. The average molecular weight is 436 g/mol. The van der Waals surface area contributed by atoms with Gasteiger partial charge < -0.3 is 15.0 Å². The van der Waals surface area contributed by atoms with Crippen molar-refractivity contribution in [2.45, 2.75) is 52.7 Å². The minimum Gasteiger partial charge on any atom is -0.486 e. The standard InChI is InChI=1S/C26H33N3O3/c1-4-22-17-29(23-15-19(3)8-9-24(23)32-22)26(31)28-12-10-21(11-13-28)25(30)27-16-20-7-5-6-18(2)14-20/h5-9,14-15,21-22H,4,10-13,16-17H2,1-3H3,(H,27,30)/t22-/m0/s1. The Bertz CT molecular complexity index is 982. The van der Waals surface area contributed by atoms with Gasteiger partial charge in [-0.3, -0.25) is 9.69 Å². The number of piperidine rings is 1. The molecule has 2 aliphatic heterocycles. The van der Waals surface area contributed by atoms with Gasteiger partial charge in [-0.15, -0.1) is 0 Å². The second-order valence-corrected chi connectivity index (χ2v) is 8.98. The molecule has 170 valence electrons. The van der Waals surface area contributed by atoms with Crippen molar-refractivity contribution in [3.8, 4) is 5.75 Å². The van der Waals surface area contributed by atoms with E-state index in [1.165, 1.54) is 5.56 Å². The van der Waals surface area contributed by atoms with E-state index in [1.807, 2.05) is 47.1 Å². The number of likely N-dealkylation sites (tertiary alicyclic amines) is 1. The van der Waals surface area contributed by atoms with E-state index in [2.05, 4.69) is 31.3 Å². The molecule has 2 aromatic carbocycles. The van der Waals surface area contributed by atoms with Crippen LogP contribution in [0.25, 0.3) is 0 Å². The van der Waals surface area contributed by atoms with Crippen molar-refractivity contribution >= 4 is 17.6 Å². The molecule has 0 radical (unpaired) electrons. The van der Waals surface area contributed by atoms with Crippen molar-refractivity contribution in [2.24, 2.45) is 5.92 Å². The van der Waals surface area contributed by atoms with Gasteiger partial charge in [0.15, 0.2) is 0 Å². The molecular formula is C26H33N3O3. The summed E-state index contributed by atoms with van der Waals surface area (Å²) in [6.07, 6.45) is 2.22. The first-order valence-corrected chi connectivity index (χ1v) is 11.6. The molecule has 4 rings (SSSR count). The number of urea groups is 1. The maximum atomic E-state index is 13.4. The van der Waals surface area contributed by atoms with Crippen molar-refractivity contribution in [3.63, 3.8) is 0 Å². The number of nitrogens with zero attached hydrogens (tertiary/aromatic N) is 2. The first-order valence-electron chi connectivity index (χ1n) is 11.6. The van der Waals surface area contributed by atoms with E-state index in [-0.39, 0.29) is 24.0 Å². The molecule has 1 saturated heterocycles. The number of hydrogen-bond donors (Lipinski definition) is 1. The van der Waals surface area contributed by atoms with Crippen molar-refractivity contribution in [3.05, 3.63) is 59.2 Å². The highest BCUT2D eigenvalue weighted by atomic mass is 16.5. The summed E-state index contributed by atoms with van der Waals surface area (Å²) in [4.78, 5) is 29.8. The molecule has 3 amide bonds. The van der Waals surface area contributed by atoms with Crippen LogP contribution < -0.4 is 15.0 Å². The lowest BCUT2D eigenvalue weighted by atomic mass is 9.96. The van der Waals surface area contributed by atoms with Gasteiger partial charge in [-0.05, 0) is 56.4 Å². The highest BCUT2D eigenvalue weighted by Gasteiger charge is 2.34. The van der Waals surface area contributed by atoms with E-state index < -0.39 is 0 Å². The Morgan fingerprint density at radius 2 is 1.81 bits per heavy atom. The molecule has 32 heavy (non-hydrogen) atoms. The van der Waals surface area contributed by atoms with Crippen LogP contribution in [0.5, 0.6) is 5.75 Å². The molecular weight excluding hydrogens is 402 g/mol. The van der Waals surface area contributed by atoms with Crippen LogP contribution in [0.1, 0.15) is 42.9 Å². The van der Waals surface area contributed by atoms with Crippen LogP contribution in [0.4, 0.5) is 10.5 Å². The maximum absolute atomic E-state index is 13.4. The van der Waals surface area contributed by atoms with Crippen LogP contribution >= 0.6 is 0 Å². The second-order valence-electron chi connectivity index (χ2n) is 8.98. The third-order valence-electron chi connectivity index (χ3n) is 6.46. The number of fused-ring (bicyclic) bond motifs is 1. The molecule has 0 spiro atoms. The van der Waals surface area contributed by atoms with E-state index in [9.17, 15) is 9.59 Å². The molecule has 6 heteroatoms. The summed E-state index contributed by atoms with van der Waals surface area (Å²) < 4.78 is 6.06. The molecule has 6 nitrogen and oxygen atoms in total. The molecule has 0 aromatic heterocycles. The fraction of sp³-hybridized carbons (Fsp3) is 0.462. The quantitative estimate of drug-likeness (QED) is 0.773. The number of ether oxygens (including phenoxy) is 1. The van der Waals surface area contributed by atoms with Gasteiger partial charge in [-0.25, -0.2) is 4.79 Å². The third kappa shape index (κ3) is 4.90. The van der Waals surface area contributed by atoms with E-state index in [1.54, 1.807) is 0 Å². The molecule has 0 saturated carbocycles. The lowest BCUT2D eigenvalue weighted by Crippen LogP contribution is -2.52. The Kier molecular flexibility index (Phi) is 6.68. The molecule has 1 fully saturated rings. The topological polar surface area (TPSA) is 61.9 Å². The van der Waals surface area contributed by atoms with Crippen molar-refractivity contribution in [1.29, 1.82) is 0 Å². The van der Waals surface area contributed by atoms with E-state index >= 15 is 0 Å².